The molecule has 120 valence electrons. The summed E-state index contributed by atoms with van der Waals surface area (Å²) in [6.07, 6.45) is 2.12. The zero-order valence-corrected chi connectivity index (χ0v) is 12.5. The lowest BCUT2D eigenvalue weighted by molar-refractivity contribution is -0.157. The molecular formula is C16H17N3O4. The van der Waals surface area contributed by atoms with Gasteiger partial charge in [0, 0.05) is 31.0 Å². The van der Waals surface area contributed by atoms with Crippen molar-refractivity contribution in [2.75, 3.05) is 26.3 Å². The molecule has 2 aliphatic heterocycles. The lowest BCUT2D eigenvalue weighted by Gasteiger charge is -2.33. The summed E-state index contributed by atoms with van der Waals surface area (Å²) >= 11 is 0. The van der Waals surface area contributed by atoms with Gasteiger partial charge in [-0.3, -0.25) is 14.7 Å². The normalized spacial score (nSPS) is 27.1. The number of carboxylic acid groups (broad SMARTS) is 1. The van der Waals surface area contributed by atoms with Gasteiger partial charge in [-0.05, 0) is 12.5 Å². The highest BCUT2D eigenvalue weighted by atomic mass is 16.5. The second-order valence-corrected chi connectivity index (χ2v) is 6.31. The maximum Gasteiger partial charge on any atom is 0.311 e. The minimum atomic E-state index is -0.879. The van der Waals surface area contributed by atoms with Crippen LogP contribution in [0.1, 0.15) is 16.8 Å². The van der Waals surface area contributed by atoms with Crippen LogP contribution in [0.2, 0.25) is 0 Å². The number of aromatic nitrogens is 2. The molecule has 0 saturated carbocycles. The van der Waals surface area contributed by atoms with Crippen LogP contribution in [0.4, 0.5) is 0 Å². The van der Waals surface area contributed by atoms with Crippen molar-refractivity contribution in [3.05, 3.63) is 30.0 Å². The molecule has 2 atom stereocenters. The Hall–Kier alpha value is -2.41. The Kier molecular flexibility index (Phi) is 3.12. The second kappa shape index (κ2) is 5.06. The minimum absolute atomic E-state index is 0.154. The molecule has 0 spiro atoms. The monoisotopic (exact) mass is 315 g/mol. The van der Waals surface area contributed by atoms with Crippen LogP contribution in [-0.4, -0.2) is 58.4 Å². The molecule has 1 amide bonds. The Morgan fingerprint density at radius 1 is 1.43 bits per heavy atom. The fourth-order valence-corrected chi connectivity index (χ4v) is 3.77. The number of carbonyl (C=O) groups is 2. The summed E-state index contributed by atoms with van der Waals surface area (Å²) in [6, 6.07) is 5.44. The van der Waals surface area contributed by atoms with Crippen LogP contribution in [0.15, 0.2) is 24.4 Å². The highest BCUT2D eigenvalue weighted by Crippen LogP contribution is 2.43. The third-order valence-electron chi connectivity index (χ3n) is 5.13. The van der Waals surface area contributed by atoms with Crippen molar-refractivity contribution >= 4 is 22.8 Å². The maximum absolute atomic E-state index is 12.9. The zero-order chi connectivity index (χ0) is 16.0. The van der Waals surface area contributed by atoms with Crippen LogP contribution >= 0.6 is 0 Å². The van der Waals surface area contributed by atoms with E-state index in [1.54, 1.807) is 17.2 Å². The van der Waals surface area contributed by atoms with E-state index >= 15 is 0 Å². The fourth-order valence-electron chi connectivity index (χ4n) is 3.77. The number of amides is 1. The van der Waals surface area contributed by atoms with Crippen LogP contribution in [0.5, 0.6) is 0 Å². The smallest absolute Gasteiger partial charge is 0.311 e. The van der Waals surface area contributed by atoms with Gasteiger partial charge in [0.25, 0.3) is 5.91 Å². The van der Waals surface area contributed by atoms with E-state index in [4.69, 9.17) is 4.74 Å². The van der Waals surface area contributed by atoms with Gasteiger partial charge in [-0.15, -0.1) is 0 Å². The maximum atomic E-state index is 12.9. The predicted octanol–water partition coefficient (Wildman–Crippen LogP) is 1.13. The lowest BCUT2D eigenvalue weighted by atomic mass is 9.74. The molecule has 2 saturated heterocycles. The van der Waals surface area contributed by atoms with Crippen LogP contribution < -0.4 is 0 Å². The van der Waals surface area contributed by atoms with Gasteiger partial charge in [0.15, 0.2) is 0 Å². The molecule has 0 bridgehead atoms. The number of fused-ring (bicyclic) bond motifs is 2. The molecule has 7 heteroatoms. The third-order valence-corrected chi connectivity index (χ3v) is 5.13. The van der Waals surface area contributed by atoms with Crippen molar-refractivity contribution < 1.29 is 19.4 Å². The third kappa shape index (κ3) is 2.03. The lowest BCUT2D eigenvalue weighted by Crippen LogP contribution is -2.45. The summed E-state index contributed by atoms with van der Waals surface area (Å²) in [4.78, 5) is 26.4. The number of aliphatic carboxylic acids is 1. The van der Waals surface area contributed by atoms with E-state index in [0.29, 0.717) is 37.3 Å². The predicted molar refractivity (Wildman–Crippen MR) is 81.0 cm³/mol. The van der Waals surface area contributed by atoms with Gasteiger partial charge in [0.05, 0.1) is 29.3 Å². The summed E-state index contributed by atoms with van der Waals surface area (Å²) < 4.78 is 5.43. The van der Waals surface area contributed by atoms with E-state index in [-0.39, 0.29) is 18.4 Å². The summed E-state index contributed by atoms with van der Waals surface area (Å²) in [6.45, 7) is 1.47. The number of carboxylic acids is 1. The van der Waals surface area contributed by atoms with Gasteiger partial charge in [-0.1, -0.05) is 12.1 Å². The molecule has 23 heavy (non-hydrogen) atoms. The highest BCUT2D eigenvalue weighted by molar-refractivity contribution is 6.05. The average molecular weight is 315 g/mol. The first-order valence-corrected chi connectivity index (χ1v) is 7.64. The second-order valence-electron chi connectivity index (χ2n) is 6.31. The highest BCUT2D eigenvalue weighted by Gasteiger charge is 2.55. The van der Waals surface area contributed by atoms with E-state index < -0.39 is 11.4 Å². The van der Waals surface area contributed by atoms with Crippen LogP contribution in [-0.2, 0) is 9.53 Å². The SMILES string of the molecule is O=C(c1cccc2cn[nH]c12)N1C[C@H]2COCC[C@@]2(C(=O)O)C1. The van der Waals surface area contributed by atoms with Gasteiger partial charge >= 0.3 is 5.97 Å². The van der Waals surface area contributed by atoms with Crippen LogP contribution in [0.3, 0.4) is 0 Å². The van der Waals surface area contributed by atoms with Gasteiger partial charge in [0.1, 0.15) is 0 Å². The summed E-state index contributed by atoms with van der Waals surface area (Å²) in [5.41, 5.74) is 0.337. The summed E-state index contributed by atoms with van der Waals surface area (Å²) in [5.74, 6) is -1.14. The van der Waals surface area contributed by atoms with Crippen molar-refractivity contribution in [3.8, 4) is 0 Å². The molecule has 4 rings (SSSR count). The first-order chi connectivity index (χ1) is 11.1. The number of aromatic amines is 1. The zero-order valence-electron chi connectivity index (χ0n) is 12.5. The molecular weight excluding hydrogens is 298 g/mol. The molecule has 2 fully saturated rings. The average Bonchev–Trinajstić information content (AvgIpc) is 3.18. The number of ether oxygens (including phenoxy) is 1. The number of nitrogens with zero attached hydrogens (tertiary/aromatic N) is 2. The van der Waals surface area contributed by atoms with E-state index in [2.05, 4.69) is 10.2 Å². The van der Waals surface area contributed by atoms with Gasteiger partial charge in [0.2, 0.25) is 0 Å². The molecule has 0 unspecified atom stereocenters. The molecule has 0 aliphatic carbocycles. The van der Waals surface area contributed by atoms with Crippen molar-refractivity contribution in [2.24, 2.45) is 11.3 Å². The van der Waals surface area contributed by atoms with Crippen molar-refractivity contribution in [1.82, 2.24) is 15.1 Å². The van der Waals surface area contributed by atoms with Gasteiger partial charge in [-0.25, -0.2) is 0 Å². The number of nitrogens with one attached hydrogen (secondary N) is 1. The molecule has 1 aromatic carbocycles. The number of benzene rings is 1. The van der Waals surface area contributed by atoms with E-state index in [9.17, 15) is 14.7 Å². The number of likely N-dealkylation sites (tertiary alicyclic amines) is 1. The fraction of sp³-hybridized carbons (Fsp3) is 0.438. The quantitative estimate of drug-likeness (QED) is 0.866. The molecule has 0 radical (unpaired) electrons. The van der Waals surface area contributed by atoms with Crippen molar-refractivity contribution in [3.63, 3.8) is 0 Å². The van der Waals surface area contributed by atoms with Crippen molar-refractivity contribution in [2.45, 2.75) is 6.42 Å². The topological polar surface area (TPSA) is 95.5 Å². The van der Waals surface area contributed by atoms with E-state index in [1.807, 2.05) is 12.1 Å². The van der Waals surface area contributed by atoms with E-state index in [0.717, 1.165) is 5.39 Å². The Balaban J connectivity index is 1.68. The largest absolute Gasteiger partial charge is 0.481 e. The first kappa shape index (κ1) is 14.2. The van der Waals surface area contributed by atoms with Crippen LogP contribution in [0, 0.1) is 11.3 Å². The molecule has 3 heterocycles. The Labute approximate surface area is 132 Å². The number of rotatable bonds is 2. The Morgan fingerprint density at radius 3 is 3.09 bits per heavy atom. The molecule has 1 aromatic heterocycles. The number of hydrogen-bond acceptors (Lipinski definition) is 4. The molecule has 7 nitrogen and oxygen atoms in total. The molecule has 2 aliphatic rings. The molecule has 2 aromatic rings. The Morgan fingerprint density at radius 2 is 2.30 bits per heavy atom. The van der Waals surface area contributed by atoms with E-state index in [1.165, 1.54) is 0 Å². The van der Waals surface area contributed by atoms with Crippen molar-refractivity contribution in [1.29, 1.82) is 0 Å². The van der Waals surface area contributed by atoms with Gasteiger partial charge < -0.3 is 14.7 Å². The summed E-state index contributed by atoms with van der Waals surface area (Å²) in [5, 5.41) is 17.4. The first-order valence-electron chi connectivity index (χ1n) is 7.64. The molecule has 2 N–H and O–H groups in total. The standard InChI is InChI=1S/C16H17N3O4/c20-14(12-3-1-2-10-6-17-18-13(10)12)19-7-11-8-23-5-4-16(11,9-19)15(21)22/h1-3,6,11H,4-5,7-9H2,(H,17,18)(H,21,22)/t11-,16+/m0/s1. The number of para-hydroxylation sites is 1. The minimum Gasteiger partial charge on any atom is -0.481 e. The summed E-state index contributed by atoms with van der Waals surface area (Å²) in [7, 11) is 0. The van der Waals surface area contributed by atoms with Gasteiger partial charge in [-0.2, -0.15) is 5.10 Å². The number of carbonyl (C=O) groups excluding carboxylic acids is 1. The Bertz CT molecular complexity index is 786. The number of hydrogen-bond donors (Lipinski definition) is 2. The number of H-pyrrole nitrogens is 1. The van der Waals surface area contributed by atoms with Crippen LogP contribution in [0.25, 0.3) is 10.9 Å².